The number of anilines is 3. The molecule has 4 aliphatic rings. The first-order valence-corrected chi connectivity index (χ1v) is 19.1. The van der Waals surface area contributed by atoms with Crippen molar-refractivity contribution in [1.82, 2.24) is 25.3 Å². The van der Waals surface area contributed by atoms with Gasteiger partial charge in [0.05, 0.1) is 17.5 Å². The molecule has 3 aliphatic heterocycles. The van der Waals surface area contributed by atoms with Crippen molar-refractivity contribution in [3.63, 3.8) is 0 Å². The van der Waals surface area contributed by atoms with Gasteiger partial charge in [0, 0.05) is 31.2 Å². The summed E-state index contributed by atoms with van der Waals surface area (Å²) in [5, 5.41) is 13.3. The summed E-state index contributed by atoms with van der Waals surface area (Å²) in [5.74, 6) is 0.454. The van der Waals surface area contributed by atoms with Crippen LogP contribution in [0.3, 0.4) is 0 Å². The monoisotopic (exact) mass is 712 g/mol. The molecule has 0 spiro atoms. The lowest BCUT2D eigenvalue weighted by molar-refractivity contribution is -0.134. The van der Waals surface area contributed by atoms with Gasteiger partial charge in [0.25, 0.3) is 5.91 Å². The number of nitrogens with one attached hydrogen (secondary N) is 2. The van der Waals surface area contributed by atoms with Gasteiger partial charge in [-0.05, 0) is 116 Å². The average Bonchev–Trinajstić information content (AvgIpc) is 3.59. The lowest BCUT2D eigenvalue weighted by atomic mass is 9.72. The maximum Gasteiger partial charge on any atom is 0.271 e. The second-order valence-corrected chi connectivity index (χ2v) is 15.2. The maximum atomic E-state index is 12.7. The van der Waals surface area contributed by atoms with Crippen molar-refractivity contribution < 1.29 is 18.9 Å². The fourth-order valence-electron chi connectivity index (χ4n) is 9.02. The molecule has 1 saturated carbocycles. The molecule has 3 aromatic carbocycles. The lowest BCUT2D eigenvalue weighted by Crippen LogP contribution is -2.47. The highest BCUT2D eigenvalue weighted by atomic mass is 16.5. The molecule has 3 saturated heterocycles. The normalized spacial score (nSPS) is 22.9. The minimum absolute atomic E-state index is 0.145. The standard InChI is InChI=1S/C41H44N8O4/c42-39(51)38-40(45-34(23-43-38)49-16-4-1-5-17-49)44-27-10-8-24(9-11-27)25-14-18-48(19-15-25)28-20-26(21-28)32-22-33-36(30-7-3-2-6-29(30)32)37(47-53-33)31-12-13-35(50)46-41(31)52/h2-3,6-11,22-23,25-26,28,31H,1,4-5,12-21H2,(H2,42,51)(H,44,45)(H,46,50,52). The second-order valence-electron chi connectivity index (χ2n) is 15.2. The molecule has 3 amide bonds. The number of rotatable bonds is 8. The third-order valence-corrected chi connectivity index (χ3v) is 12.0. The van der Waals surface area contributed by atoms with E-state index in [0.29, 0.717) is 47.8 Å². The van der Waals surface area contributed by atoms with Gasteiger partial charge >= 0.3 is 0 Å². The molecule has 1 atom stereocenters. The third-order valence-electron chi connectivity index (χ3n) is 12.0. The first kappa shape index (κ1) is 33.5. The quantitative estimate of drug-likeness (QED) is 0.157. The Bertz CT molecular complexity index is 2200. The smallest absolute Gasteiger partial charge is 0.271 e. The summed E-state index contributed by atoms with van der Waals surface area (Å²) in [5.41, 5.74) is 10.6. The SMILES string of the molecule is NC(=O)c1ncc(N2CCCCC2)nc1Nc1ccc(C2CCN(C3CC(c4cc5onc(C6CCC(=O)NC6=O)c5c5ccccc45)C3)CC2)cc1. The highest BCUT2D eigenvalue weighted by molar-refractivity contribution is 6.11. The van der Waals surface area contributed by atoms with Crippen molar-refractivity contribution in [1.29, 1.82) is 0 Å². The van der Waals surface area contributed by atoms with Crippen LogP contribution in [0.1, 0.15) is 103 Å². The number of primary amides is 1. The van der Waals surface area contributed by atoms with Gasteiger partial charge in [-0.25, -0.2) is 9.97 Å². The van der Waals surface area contributed by atoms with Crippen LogP contribution in [-0.2, 0) is 9.59 Å². The van der Waals surface area contributed by atoms with Crippen molar-refractivity contribution >= 4 is 56.8 Å². The number of hydrogen-bond acceptors (Lipinski definition) is 10. The summed E-state index contributed by atoms with van der Waals surface area (Å²) in [6, 6.07) is 19.5. The molecule has 0 radical (unpaired) electrons. The number of likely N-dealkylation sites (tertiary alicyclic amines) is 1. The number of nitrogens with two attached hydrogens (primary N) is 1. The summed E-state index contributed by atoms with van der Waals surface area (Å²) in [6.07, 6.45) is 10.3. The molecule has 1 aliphatic carbocycles. The Hall–Kier alpha value is -5.36. The Balaban J connectivity index is 0.835. The van der Waals surface area contributed by atoms with Crippen molar-refractivity contribution in [2.45, 2.75) is 81.6 Å². The Morgan fingerprint density at radius 3 is 2.40 bits per heavy atom. The fraction of sp³-hybridized carbons (Fsp3) is 0.415. The van der Waals surface area contributed by atoms with Crippen molar-refractivity contribution in [2.24, 2.45) is 5.73 Å². The Morgan fingerprint density at radius 1 is 0.906 bits per heavy atom. The summed E-state index contributed by atoms with van der Waals surface area (Å²) in [7, 11) is 0. The van der Waals surface area contributed by atoms with Crippen molar-refractivity contribution in [3.8, 4) is 0 Å². The number of piperidine rings is 3. The molecular weight excluding hydrogens is 669 g/mol. The highest BCUT2D eigenvalue weighted by Crippen LogP contribution is 2.46. The number of carbonyl (C=O) groups is 3. The van der Waals surface area contributed by atoms with Gasteiger partial charge in [-0.2, -0.15) is 0 Å². The van der Waals surface area contributed by atoms with Crippen LogP contribution in [0.2, 0.25) is 0 Å². The Labute approximate surface area is 307 Å². The van der Waals surface area contributed by atoms with E-state index in [1.165, 1.54) is 22.9 Å². The zero-order chi connectivity index (χ0) is 36.1. The van der Waals surface area contributed by atoms with E-state index in [2.05, 4.69) is 79.1 Å². The highest BCUT2D eigenvalue weighted by Gasteiger charge is 2.38. The van der Waals surface area contributed by atoms with Gasteiger partial charge in [0.2, 0.25) is 11.8 Å². The van der Waals surface area contributed by atoms with Crippen LogP contribution in [-0.4, -0.2) is 70.0 Å². The van der Waals surface area contributed by atoms with Gasteiger partial charge in [0.1, 0.15) is 11.5 Å². The van der Waals surface area contributed by atoms with Crippen LogP contribution in [0.5, 0.6) is 0 Å². The van der Waals surface area contributed by atoms with E-state index in [9.17, 15) is 14.4 Å². The fourth-order valence-corrected chi connectivity index (χ4v) is 9.02. The van der Waals surface area contributed by atoms with Gasteiger partial charge in [-0.3, -0.25) is 19.7 Å². The number of imide groups is 1. The molecule has 53 heavy (non-hydrogen) atoms. The molecule has 0 bridgehead atoms. The molecule has 12 heteroatoms. The van der Waals surface area contributed by atoms with Gasteiger partial charge < -0.3 is 25.4 Å². The zero-order valence-corrected chi connectivity index (χ0v) is 29.7. The van der Waals surface area contributed by atoms with Crippen LogP contribution < -0.4 is 21.3 Å². The van der Waals surface area contributed by atoms with E-state index in [4.69, 9.17) is 15.2 Å². The van der Waals surface area contributed by atoms with Crippen LogP contribution in [0.4, 0.5) is 17.3 Å². The molecule has 4 N–H and O–H groups in total. The molecule has 1 unspecified atom stereocenters. The molecule has 272 valence electrons. The molecule has 9 rings (SSSR count). The van der Waals surface area contributed by atoms with Crippen molar-refractivity contribution in [2.75, 3.05) is 36.4 Å². The topological polar surface area (TPSA) is 160 Å². The Morgan fingerprint density at radius 2 is 1.66 bits per heavy atom. The minimum Gasteiger partial charge on any atom is -0.364 e. The maximum absolute atomic E-state index is 12.7. The van der Waals surface area contributed by atoms with E-state index in [1.807, 2.05) is 6.07 Å². The predicted octanol–water partition coefficient (Wildman–Crippen LogP) is 6.25. The number of benzene rings is 3. The average molecular weight is 713 g/mol. The summed E-state index contributed by atoms with van der Waals surface area (Å²) >= 11 is 0. The minimum atomic E-state index is -0.601. The zero-order valence-electron chi connectivity index (χ0n) is 29.7. The predicted molar refractivity (Wildman–Crippen MR) is 202 cm³/mol. The summed E-state index contributed by atoms with van der Waals surface area (Å²) in [4.78, 5) is 50.7. The van der Waals surface area contributed by atoms with Crippen LogP contribution in [0.15, 0.2) is 65.3 Å². The molecule has 12 nitrogen and oxygen atoms in total. The number of aromatic nitrogens is 3. The first-order valence-electron chi connectivity index (χ1n) is 19.1. The largest absolute Gasteiger partial charge is 0.364 e. The van der Waals surface area contributed by atoms with E-state index in [-0.39, 0.29) is 17.5 Å². The first-order chi connectivity index (χ1) is 25.9. The molecule has 4 fully saturated rings. The number of hydrogen-bond donors (Lipinski definition) is 3. The Kier molecular flexibility index (Phi) is 8.77. The molecular formula is C41H44N8O4. The molecule has 5 aromatic rings. The van der Waals surface area contributed by atoms with E-state index in [1.54, 1.807) is 6.20 Å². The number of fused-ring (bicyclic) bond motifs is 3. The molecule has 2 aromatic heterocycles. The lowest BCUT2D eigenvalue weighted by Gasteiger charge is -2.46. The summed E-state index contributed by atoms with van der Waals surface area (Å²) < 4.78 is 5.87. The van der Waals surface area contributed by atoms with E-state index >= 15 is 0 Å². The molecule has 5 heterocycles. The third kappa shape index (κ3) is 6.39. The number of amides is 3. The van der Waals surface area contributed by atoms with Crippen LogP contribution >= 0.6 is 0 Å². The van der Waals surface area contributed by atoms with Gasteiger partial charge in [-0.15, -0.1) is 0 Å². The summed E-state index contributed by atoms with van der Waals surface area (Å²) in [6.45, 7) is 4.01. The van der Waals surface area contributed by atoms with Gasteiger partial charge in [0.15, 0.2) is 17.1 Å². The number of carbonyl (C=O) groups excluding carboxylic acids is 3. The second kappa shape index (κ2) is 13.9. The van der Waals surface area contributed by atoms with E-state index < -0.39 is 11.8 Å². The van der Waals surface area contributed by atoms with Crippen LogP contribution in [0, 0.1) is 0 Å². The number of nitrogens with zero attached hydrogens (tertiary/aromatic N) is 5. The van der Waals surface area contributed by atoms with Crippen molar-refractivity contribution in [3.05, 3.63) is 83.3 Å². The van der Waals surface area contributed by atoms with Gasteiger partial charge in [-0.1, -0.05) is 41.6 Å². The van der Waals surface area contributed by atoms with Crippen LogP contribution in [0.25, 0.3) is 21.7 Å². The van der Waals surface area contributed by atoms with E-state index in [0.717, 1.165) is 87.0 Å².